The Labute approximate surface area is 177 Å². The highest BCUT2D eigenvalue weighted by molar-refractivity contribution is 7.90. The molecule has 0 aliphatic carbocycles. The Balaban J connectivity index is 1.62. The van der Waals surface area contributed by atoms with E-state index in [0.29, 0.717) is 24.0 Å². The zero-order valence-corrected chi connectivity index (χ0v) is 18.2. The van der Waals surface area contributed by atoms with Crippen molar-refractivity contribution in [3.8, 4) is 0 Å². The van der Waals surface area contributed by atoms with Crippen molar-refractivity contribution in [2.45, 2.75) is 47.7 Å². The lowest BCUT2D eigenvalue weighted by atomic mass is 10.1. The van der Waals surface area contributed by atoms with E-state index >= 15 is 0 Å². The van der Waals surface area contributed by atoms with Crippen LogP contribution in [0.2, 0.25) is 0 Å². The van der Waals surface area contributed by atoms with Crippen molar-refractivity contribution < 1.29 is 26.3 Å². The SMILES string of the molecule is O=S(=O)(NCC1CCCO1)c1cccc2c(S(=O)(=O)NCC3CCCO3)cccc12. The average Bonchev–Trinajstić information content (AvgIpc) is 3.44. The van der Waals surface area contributed by atoms with Crippen molar-refractivity contribution in [2.24, 2.45) is 0 Å². The third kappa shape index (κ3) is 4.68. The van der Waals surface area contributed by atoms with Crippen molar-refractivity contribution in [1.29, 1.82) is 0 Å². The van der Waals surface area contributed by atoms with Crippen LogP contribution < -0.4 is 9.44 Å². The Morgan fingerprint density at radius 1 is 0.733 bits per heavy atom. The van der Waals surface area contributed by atoms with Gasteiger partial charge in [-0.25, -0.2) is 26.3 Å². The molecule has 10 heteroatoms. The molecule has 4 rings (SSSR count). The second-order valence-corrected chi connectivity index (χ2v) is 11.1. The van der Waals surface area contributed by atoms with Crippen LogP contribution in [0.3, 0.4) is 0 Å². The smallest absolute Gasteiger partial charge is 0.241 e. The first-order chi connectivity index (χ1) is 14.4. The fourth-order valence-corrected chi connectivity index (χ4v) is 6.46. The normalized spacial score (nSPS) is 22.7. The number of benzene rings is 2. The van der Waals surface area contributed by atoms with Crippen LogP contribution in [0, 0.1) is 0 Å². The largest absolute Gasteiger partial charge is 0.377 e. The molecule has 2 aromatic carbocycles. The zero-order valence-electron chi connectivity index (χ0n) is 16.5. The van der Waals surface area contributed by atoms with Gasteiger partial charge in [0.05, 0.1) is 22.0 Å². The lowest BCUT2D eigenvalue weighted by molar-refractivity contribution is 0.114. The second kappa shape index (κ2) is 8.89. The van der Waals surface area contributed by atoms with Gasteiger partial charge >= 0.3 is 0 Å². The van der Waals surface area contributed by atoms with E-state index in [4.69, 9.17) is 9.47 Å². The first-order valence-electron chi connectivity index (χ1n) is 10.1. The van der Waals surface area contributed by atoms with E-state index in [0.717, 1.165) is 25.7 Å². The molecule has 0 saturated carbocycles. The van der Waals surface area contributed by atoms with Crippen molar-refractivity contribution in [3.63, 3.8) is 0 Å². The molecule has 2 fully saturated rings. The number of rotatable bonds is 8. The monoisotopic (exact) mass is 454 g/mol. The summed E-state index contributed by atoms with van der Waals surface area (Å²) in [6.07, 6.45) is 3.20. The van der Waals surface area contributed by atoms with Crippen LogP contribution in [0.25, 0.3) is 10.8 Å². The summed E-state index contributed by atoms with van der Waals surface area (Å²) < 4.78 is 67.8. The highest BCUT2D eigenvalue weighted by atomic mass is 32.2. The fraction of sp³-hybridized carbons (Fsp3) is 0.500. The Morgan fingerprint density at radius 2 is 1.17 bits per heavy atom. The summed E-state index contributed by atoms with van der Waals surface area (Å²) in [6.45, 7) is 1.67. The fourth-order valence-electron chi connectivity index (χ4n) is 3.89. The summed E-state index contributed by atoms with van der Waals surface area (Å²) >= 11 is 0. The Morgan fingerprint density at radius 3 is 1.53 bits per heavy atom. The van der Waals surface area contributed by atoms with Gasteiger partial charge in [0.25, 0.3) is 0 Å². The Bertz CT molecular complexity index is 1020. The lowest BCUT2D eigenvalue weighted by Crippen LogP contribution is -2.32. The van der Waals surface area contributed by atoms with Crippen LogP contribution in [0.5, 0.6) is 0 Å². The predicted molar refractivity (Wildman–Crippen MR) is 112 cm³/mol. The van der Waals surface area contributed by atoms with Gasteiger partial charge in [0.2, 0.25) is 20.0 Å². The number of hydrogen-bond acceptors (Lipinski definition) is 6. The maximum Gasteiger partial charge on any atom is 0.241 e. The van der Waals surface area contributed by atoms with Gasteiger partial charge in [-0.3, -0.25) is 0 Å². The maximum atomic E-state index is 12.9. The minimum absolute atomic E-state index is 0.0502. The van der Waals surface area contributed by atoms with Crippen LogP contribution in [0.15, 0.2) is 46.2 Å². The molecule has 0 radical (unpaired) electrons. The number of fused-ring (bicyclic) bond motifs is 1. The molecule has 2 unspecified atom stereocenters. The van der Waals surface area contributed by atoms with E-state index in [2.05, 4.69) is 9.44 Å². The highest BCUT2D eigenvalue weighted by Crippen LogP contribution is 2.28. The average molecular weight is 455 g/mol. The molecule has 164 valence electrons. The molecule has 2 heterocycles. The van der Waals surface area contributed by atoms with Crippen LogP contribution in [0.4, 0.5) is 0 Å². The Kier molecular flexibility index (Phi) is 6.42. The van der Waals surface area contributed by atoms with E-state index in [1.807, 2.05) is 0 Å². The summed E-state index contributed by atoms with van der Waals surface area (Å²) in [6, 6.07) is 9.32. The van der Waals surface area contributed by atoms with Crippen molar-refractivity contribution in [2.75, 3.05) is 26.3 Å². The summed E-state index contributed by atoms with van der Waals surface area (Å²) in [4.78, 5) is 0.100. The van der Waals surface area contributed by atoms with E-state index < -0.39 is 20.0 Å². The van der Waals surface area contributed by atoms with Crippen LogP contribution in [-0.4, -0.2) is 55.3 Å². The lowest BCUT2D eigenvalue weighted by Gasteiger charge is -2.15. The molecule has 2 aliphatic heterocycles. The van der Waals surface area contributed by atoms with Gasteiger partial charge in [-0.05, 0) is 37.8 Å². The molecule has 30 heavy (non-hydrogen) atoms. The van der Waals surface area contributed by atoms with Crippen LogP contribution in [0.1, 0.15) is 25.7 Å². The molecular weight excluding hydrogens is 428 g/mol. The van der Waals surface area contributed by atoms with Gasteiger partial charge in [-0.15, -0.1) is 0 Å². The zero-order chi connectivity index (χ0) is 21.2. The summed E-state index contributed by atoms with van der Waals surface area (Å²) in [7, 11) is -7.65. The molecule has 2 saturated heterocycles. The number of hydrogen-bond donors (Lipinski definition) is 2. The molecule has 8 nitrogen and oxygen atoms in total. The standard InChI is InChI=1S/C20H26N2O6S2/c23-29(24,21-13-15-5-3-11-27-15)19-9-1-7-17-18(19)8-2-10-20(17)30(25,26)22-14-16-6-4-12-28-16/h1-2,7-10,15-16,21-22H,3-6,11-14H2. The van der Waals surface area contributed by atoms with Gasteiger partial charge in [0.15, 0.2) is 0 Å². The first kappa shape index (κ1) is 21.7. The molecule has 2 N–H and O–H groups in total. The summed E-state index contributed by atoms with van der Waals surface area (Å²) in [5, 5.41) is 0.717. The first-order valence-corrected chi connectivity index (χ1v) is 13.1. The van der Waals surface area contributed by atoms with Gasteiger partial charge in [-0.1, -0.05) is 24.3 Å². The van der Waals surface area contributed by atoms with E-state index in [-0.39, 0.29) is 35.1 Å². The molecule has 0 bridgehead atoms. The number of sulfonamides is 2. The molecule has 0 spiro atoms. The van der Waals surface area contributed by atoms with E-state index in [1.54, 1.807) is 24.3 Å². The molecule has 2 aliphatic rings. The molecule has 0 amide bonds. The predicted octanol–water partition coefficient (Wildman–Crippen LogP) is 1.75. The third-order valence-electron chi connectivity index (χ3n) is 5.47. The van der Waals surface area contributed by atoms with Crippen LogP contribution in [-0.2, 0) is 29.5 Å². The van der Waals surface area contributed by atoms with Gasteiger partial charge < -0.3 is 9.47 Å². The van der Waals surface area contributed by atoms with E-state index in [1.165, 1.54) is 12.1 Å². The van der Waals surface area contributed by atoms with Gasteiger partial charge in [-0.2, -0.15) is 0 Å². The van der Waals surface area contributed by atoms with Crippen molar-refractivity contribution in [1.82, 2.24) is 9.44 Å². The quantitative estimate of drug-likeness (QED) is 0.629. The maximum absolute atomic E-state index is 12.9. The summed E-state index contributed by atoms with van der Waals surface area (Å²) in [5.74, 6) is 0. The van der Waals surface area contributed by atoms with Crippen molar-refractivity contribution >= 4 is 30.8 Å². The van der Waals surface area contributed by atoms with Crippen LogP contribution >= 0.6 is 0 Å². The molecule has 2 atom stereocenters. The number of ether oxygens (including phenoxy) is 2. The summed E-state index contributed by atoms with van der Waals surface area (Å²) in [5.41, 5.74) is 0. The molecule has 0 aromatic heterocycles. The minimum Gasteiger partial charge on any atom is -0.377 e. The molecular formula is C20H26N2O6S2. The Hall–Kier alpha value is -1.56. The number of nitrogens with one attached hydrogen (secondary N) is 2. The van der Waals surface area contributed by atoms with E-state index in [9.17, 15) is 16.8 Å². The highest BCUT2D eigenvalue weighted by Gasteiger charge is 2.25. The third-order valence-corrected chi connectivity index (χ3v) is 8.43. The van der Waals surface area contributed by atoms with Gasteiger partial charge in [0.1, 0.15) is 0 Å². The topological polar surface area (TPSA) is 111 Å². The second-order valence-electron chi connectivity index (χ2n) is 7.58. The molecule has 2 aromatic rings. The van der Waals surface area contributed by atoms with Gasteiger partial charge in [0, 0.05) is 37.1 Å². The van der Waals surface area contributed by atoms with Crippen molar-refractivity contribution in [3.05, 3.63) is 36.4 Å². The minimum atomic E-state index is -3.83.